The molecule has 0 radical (unpaired) electrons. The van der Waals surface area contributed by atoms with Gasteiger partial charge in [0, 0.05) is 5.54 Å². The Hall–Kier alpha value is -1.10. The molecule has 0 aliphatic heterocycles. The van der Waals surface area contributed by atoms with E-state index >= 15 is 0 Å². The van der Waals surface area contributed by atoms with Crippen molar-refractivity contribution >= 4 is 23.5 Å². The monoisotopic (exact) mass is 204 g/mol. The molecule has 6 heteroatoms. The van der Waals surface area contributed by atoms with Crippen molar-refractivity contribution in [2.24, 2.45) is 0 Å². The standard InChI is InChI=1S/C7H12ClN5/c1-7(2,3)13-6-11-4(8)10-5(9)12-6/h1-3H3,(H3,9,10,11,12,13)/i/hD3. The third-order valence-electron chi connectivity index (χ3n) is 1.02. The second kappa shape index (κ2) is 3.33. The molecule has 5 nitrogen and oxygen atoms in total. The minimum absolute atomic E-state index is 0.00648. The minimum Gasteiger partial charge on any atom is -0.368 e. The topological polar surface area (TPSA) is 76.7 Å². The lowest BCUT2D eigenvalue weighted by molar-refractivity contribution is 0.625. The molecule has 0 aromatic carbocycles. The number of rotatable bonds is 2. The van der Waals surface area contributed by atoms with Crippen molar-refractivity contribution in [3.8, 4) is 0 Å². The molecular formula is C7H12ClN5. The number of hydrogen-bond donors (Lipinski definition) is 2. The van der Waals surface area contributed by atoms with E-state index in [0.717, 1.165) is 5.31 Å². The van der Waals surface area contributed by atoms with Gasteiger partial charge in [-0.2, -0.15) is 15.0 Å². The molecular weight excluding hydrogens is 190 g/mol. The normalized spacial score (nSPS) is 14.3. The minimum atomic E-state index is -0.517. The first-order valence-electron chi connectivity index (χ1n) is 5.04. The van der Waals surface area contributed by atoms with Crippen LogP contribution >= 0.6 is 11.6 Å². The highest BCUT2D eigenvalue weighted by Gasteiger charge is 2.12. The van der Waals surface area contributed by atoms with Crippen LogP contribution in [0, 0.1) is 0 Å². The molecule has 0 saturated heterocycles. The van der Waals surface area contributed by atoms with Gasteiger partial charge in [0.15, 0.2) is 4.24 Å². The highest BCUT2D eigenvalue weighted by atomic mass is 35.5. The molecule has 72 valence electrons. The molecule has 0 unspecified atom stereocenters. The molecule has 0 spiro atoms. The number of nitrogens with one attached hydrogen (secondary N) is 1. The van der Waals surface area contributed by atoms with Gasteiger partial charge >= 0.3 is 0 Å². The molecule has 13 heavy (non-hydrogen) atoms. The van der Waals surface area contributed by atoms with Gasteiger partial charge in [0.2, 0.25) is 17.2 Å². The average molecular weight is 205 g/mol. The summed E-state index contributed by atoms with van der Waals surface area (Å²) in [5, 5.41) is 0.902. The van der Waals surface area contributed by atoms with E-state index in [1.165, 1.54) is 0 Å². The van der Waals surface area contributed by atoms with Crippen molar-refractivity contribution in [1.29, 1.82) is 0 Å². The molecule has 1 rings (SSSR count). The Morgan fingerprint density at radius 2 is 2.15 bits per heavy atom. The van der Waals surface area contributed by atoms with Gasteiger partial charge in [0.1, 0.15) is 0 Å². The molecule has 1 heterocycles. The van der Waals surface area contributed by atoms with Gasteiger partial charge in [0.05, 0.1) is 0 Å². The first kappa shape index (κ1) is 6.37. The summed E-state index contributed by atoms with van der Waals surface area (Å²) in [6.07, 6.45) is 0. The van der Waals surface area contributed by atoms with Crippen LogP contribution in [0.25, 0.3) is 0 Å². The SMILES string of the molecule is [2H]N([2H])c1nc(Cl)nc(N([2H])C(C)(C)C)n1. The van der Waals surface area contributed by atoms with E-state index in [4.69, 9.17) is 15.8 Å². The van der Waals surface area contributed by atoms with Gasteiger partial charge in [-0.3, -0.25) is 0 Å². The van der Waals surface area contributed by atoms with Crippen LogP contribution in [0.2, 0.25) is 9.52 Å². The van der Waals surface area contributed by atoms with Gasteiger partial charge in [-0.15, -0.1) is 0 Å². The van der Waals surface area contributed by atoms with Crippen LogP contribution in [-0.2, 0) is 0 Å². The first-order valence-corrected chi connectivity index (χ1v) is 4.08. The van der Waals surface area contributed by atoms with Gasteiger partial charge < -0.3 is 11.0 Å². The molecule has 0 saturated carbocycles. The molecule has 0 fully saturated rings. The molecule has 3 N–H and O–H groups in total. The predicted molar refractivity (Wildman–Crippen MR) is 52.6 cm³/mol. The average Bonchev–Trinajstić information content (AvgIpc) is 2.14. The van der Waals surface area contributed by atoms with E-state index in [1.807, 2.05) is 0 Å². The van der Waals surface area contributed by atoms with Crippen molar-refractivity contribution in [2.75, 3.05) is 11.0 Å². The predicted octanol–water partition coefficient (Wildman–Crippen LogP) is 1.32. The van der Waals surface area contributed by atoms with E-state index in [0.29, 0.717) is 0 Å². The maximum absolute atomic E-state index is 7.78. The largest absolute Gasteiger partial charge is 0.368 e. The van der Waals surface area contributed by atoms with Crippen LogP contribution in [0.1, 0.15) is 20.8 Å². The summed E-state index contributed by atoms with van der Waals surface area (Å²) >= 11 is 5.62. The van der Waals surface area contributed by atoms with E-state index in [9.17, 15) is 0 Å². The summed E-state index contributed by atoms with van der Waals surface area (Å²) in [5.74, 6) is -0.219. The van der Waals surface area contributed by atoms with Gasteiger partial charge in [-0.1, -0.05) is 0 Å². The Morgan fingerprint density at radius 1 is 1.46 bits per heavy atom. The van der Waals surface area contributed by atoms with E-state index < -0.39 is 5.54 Å². The highest BCUT2D eigenvalue weighted by Crippen LogP contribution is 2.12. The van der Waals surface area contributed by atoms with Crippen LogP contribution in [0.3, 0.4) is 0 Å². The van der Waals surface area contributed by atoms with Crippen LogP contribution in [-0.4, -0.2) is 20.5 Å². The first-order chi connectivity index (χ1) is 7.21. The Bertz CT molecular complexity index is 381. The van der Waals surface area contributed by atoms with Gasteiger partial charge in [0.25, 0.3) is 0 Å². The lowest BCUT2D eigenvalue weighted by atomic mass is 10.1. The number of nitrogens with two attached hydrogens (primary N) is 1. The maximum atomic E-state index is 7.78. The summed E-state index contributed by atoms with van der Waals surface area (Å²) in [6, 6.07) is 0. The maximum Gasteiger partial charge on any atom is 0.229 e. The Kier molecular flexibility index (Phi) is 1.63. The molecule has 0 aliphatic carbocycles. The fourth-order valence-electron chi connectivity index (χ4n) is 0.679. The third kappa shape index (κ3) is 3.42. The van der Waals surface area contributed by atoms with Gasteiger partial charge in [-0.25, -0.2) is 0 Å². The van der Waals surface area contributed by atoms with Gasteiger partial charge in [-0.05, 0) is 32.4 Å². The Morgan fingerprint density at radius 3 is 2.69 bits per heavy atom. The lowest BCUT2D eigenvalue weighted by Crippen LogP contribution is -2.27. The zero-order chi connectivity index (χ0) is 12.5. The molecule has 0 atom stereocenters. The molecule has 0 aliphatic rings. The van der Waals surface area contributed by atoms with Crippen LogP contribution in [0.15, 0.2) is 0 Å². The smallest absolute Gasteiger partial charge is 0.229 e. The third-order valence-corrected chi connectivity index (χ3v) is 1.19. The van der Waals surface area contributed by atoms with Crippen LogP contribution in [0.4, 0.5) is 11.9 Å². The van der Waals surface area contributed by atoms with Crippen molar-refractivity contribution in [3.63, 3.8) is 0 Å². The Balaban J connectivity index is 3.15. The van der Waals surface area contributed by atoms with E-state index in [1.54, 1.807) is 20.8 Å². The number of aromatic nitrogens is 3. The molecule has 1 aromatic heterocycles. The number of hydrogen-bond acceptors (Lipinski definition) is 5. The quantitative estimate of drug-likeness (QED) is 0.760. The number of nitrogens with zero attached hydrogens (tertiary/aromatic N) is 3. The highest BCUT2D eigenvalue weighted by molar-refractivity contribution is 6.28. The molecule has 0 bridgehead atoms. The summed E-state index contributed by atoms with van der Waals surface area (Å²) in [7, 11) is 0. The van der Waals surface area contributed by atoms with E-state index in [2.05, 4.69) is 15.0 Å². The number of nitrogen functional groups attached to an aromatic ring is 1. The van der Waals surface area contributed by atoms with E-state index in [-0.39, 0.29) is 22.9 Å². The Labute approximate surface area is 86.1 Å². The molecule has 0 amide bonds. The van der Waals surface area contributed by atoms with Crippen molar-refractivity contribution in [3.05, 3.63) is 5.28 Å². The second-order valence-electron chi connectivity index (χ2n) is 3.49. The van der Waals surface area contributed by atoms with Crippen molar-refractivity contribution < 1.29 is 4.24 Å². The second-order valence-corrected chi connectivity index (χ2v) is 3.83. The number of anilines is 2. The summed E-state index contributed by atoms with van der Waals surface area (Å²) < 4.78 is 21.8. The summed E-state index contributed by atoms with van der Waals surface area (Å²) in [4.78, 5) is 11.1. The van der Waals surface area contributed by atoms with Crippen LogP contribution < -0.4 is 11.0 Å². The fraction of sp³-hybridized carbons (Fsp3) is 0.571. The molecule has 1 aromatic rings. The van der Waals surface area contributed by atoms with Crippen LogP contribution in [0.5, 0.6) is 0 Å². The number of halogens is 1. The zero-order valence-electron chi connectivity index (χ0n) is 10.6. The summed E-state index contributed by atoms with van der Waals surface area (Å²) in [5.41, 5.74) is -0.301. The summed E-state index contributed by atoms with van der Waals surface area (Å²) in [6.45, 7) is 5.41. The lowest BCUT2D eigenvalue weighted by Gasteiger charge is -2.20. The van der Waals surface area contributed by atoms with Crippen molar-refractivity contribution in [2.45, 2.75) is 26.3 Å². The fourth-order valence-corrected chi connectivity index (χ4v) is 0.831. The van der Waals surface area contributed by atoms with Crippen molar-refractivity contribution in [1.82, 2.24) is 15.0 Å². The zero-order valence-corrected chi connectivity index (χ0v) is 8.37.